The molecule has 1 aromatic rings. The second-order valence-electron chi connectivity index (χ2n) is 13.2. The number of imidazole rings is 1. The normalized spacial score (nSPS) is 16.5. The highest BCUT2D eigenvalue weighted by molar-refractivity contribution is 7.80. The lowest BCUT2D eigenvalue weighted by Gasteiger charge is -2.29. The number of aromatic amines is 1. The maximum atomic E-state index is 13.8. The number of carboxylic acid groups (broad SMARTS) is 2. The Bertz CT molecular complexity index is 1540. The van der Waals surface area contributed by atoms with Crippen LogP contribution in [-0.2, 0) is 44.8 Å². The lowest BCUT2D eigenvalue weighted by atomic mass is 10.0. The SMILES string of the molecule is CC(C)C[C@H](NC(=O)CN)C(=O)N[C@@H](CS)C(=O)N[C@@H](Cc1cnc[nH]1)C(=O)N[C@@H](CC(=O)O)C(=O)N[C@@H](CCCN=C(N)N)C(=O)N1CCC[C@H]1C(=O)O. The quantitative estimate of drug-likeness (QED) is 0.0217. The van der Waals surface area contributed by atoms with E-state index in [0.29, 0.717) is 12.1 Å². The number of amides is 6. The molecule has 0 aromatic carbocycles. The highest BCUT2D eigenvalue weighted by atomic mass is 32.1. The molecule has 0 saturated carbocycles. The fraction of sp³-hybridized carbons (Fsp3) is 0.625. The van der Waals surface area contributed by atoms with Gasteiger partial charge in [0.1, 0.15) is 36.3 Å². The van der Waals surface area contributed by atoms with E-state index in [1.165, 1.54) is 12.5 Å². The lowest BCUT2D eigenvalue weighted by molar-refractivity contribution is -0.149. The summed E-state index contributed by atoms with van der Waals surface area (Å²) in [7, 11) is 0. The number of carbonyl (C=O) groups excluding carboxylic acids is 6. The maximum absolute atomic E-state index is 13.8. The second-order valence-corrected chi connectivity index (χ2v) is 13.6. The Morgan fingerprint density at radius 1 is 0.927 bits per heavy atom. The van der Waals surface area contributed by atoms with Crippen molar-refractivity contribution >= 4 is 66.0 Å². The molecule has 2 heterocycles. The Labute approximate surface area is 322 Å². The Kier molecular flexibility index (Phi) is 18.9. The summed E-state index contributed by atoms with van der Waals surface area (Å²) in [6, 6.07) is -8.09. The number of aliphatic carboxylic acids is 2. The van der Waals surface area contributed by atoms with Gasteiger partial charge in [-0.15, -0.1) is 0 Å². The van der Waals surface area contributed by atoms with E-state index in [1.807, 2.05) is 13.8 Å². The second kappa shape index (κ2) is 22.7. The predicted octanol–water partition coefficient (Wildman–Crippen LogP) is -4.09. The summed E-state index contributed by atoms with van der Waals surface area (Å²) in [6.07, 6.45) is 2.41. The van der Waals surface area contributed by atoms with Crippen molar-refractivity contribution in [2.24, 2.45) is 28.1 Å². The molecule has 23 heteroatoms. The Balaban J connectivity index is 2.33. The molecule has 14 N–H and O–H groups in total. The van der Waals surface area contributed by atoms with Crippen molar-refractivity contribution in [3.05, 3.63) is 18.2 Å². The van der Waals surface area contributed by atoms with Crippen LogP contribution in [0.5, 0.6) is 0 Å². The van der Waals surface area contributed by atoms with Crippen LogP contribution in [0, 0.1) is 5.92 Å². The van der Waals surface area contributed by atoms with Crippen LogP contribution in [0.3, 0.4) is 0 Å². The summed E-state index contributed by atoms with van der Waals surface area (Å²) >= 11 is 4.18. The number of thiol groups is 1. The predicted molar refractivity (Wildman–Crippen MR) is 199 cm³/mol. The standard InChI is InChI=1S/C32H52N12O10S/c1-16(2)9-19(39-24(45)12-33)26(48)43-22(14-55)29(51)41-20(10-17-13-36-15-38-17)27(49)42-21(11-25(46)47)28(50)40-18(5-3-7-37-32(34)35)30(52)44-8-4-6-23(44)31(53)54/h13,15-16,18-23,55H,3-12,14,33H2,1-2H3,(H,36,38)(H,39,45)(H,40,50)(H,41,51)(H,42,49)(H,43,48)(H,46,47)(H,53,54)(H4,34,35,37)/t18-,19-,20-,21-,22-,23-/m0/s1. The largest absolute Gasteiger partial charge is 0.481 e. The van der Waals surface area contributed by atoms with Gasteiger partial charge in [0.25, 0.3) is 0 Å². The maximum Gasteiger partial charge on any atom is 0.326 e. The number of likely N-dealkylation sites (tertiary alicyclic amines) is 1. The van der Waals surface area contributed by atoms with Crippen LogP contribution in [-0.4, -0.2) is 140 Å². The summed E-state index contributed by atoms with van der Waals surface area (Å²) in [6.45, 7) is 3.44. The van der Waals surface area contributed by atoms with Gasteiger partial charge in [-0.05, 0) is 38.0 Å². The van der Waals surface area contributed by atoms with Crippen LogP contribution in [0.2, 0.25) is 0 Å². The van der Waals surface area contributed by atoms with E-state index in [9.17, 15) is 48.6 Å². The molecule has 0 bridgehead atoms. The molecular formula is C32H52N12O10S. The van der Waals surface area contributed by atoms with E-state index in [0.717, 1.165) is 4.90 Å². The van der Waals surface area contributed by atoms with Gasteiger partial charge >= 0.3 is 11.9 Å². The number of carboxylic acids is 2. The van der Waals surface area contributed by atoms with Crippen LogP contribution < -0.4 is 43.8 Å². The van der Waals surface area contributed by atoms with Gasteiger partial charge in [-0.1, -0.05) is 13.8 Å². The zero-order valence-corrected chi connectivity index (χ0v) is 31.6. The zero-order chi connectivity index (χ0) is 41.2. The molecule has 6 atom stereocenters. The zero-order valence-electron chi connectivity index (χ0n) is 30.7. The number of hydrogen-bond acceptors (Lipinski definition) is 12. The molecular weight excluding hydrogens is 744 g/mol. The number of nitrogens with zero attached hydrogens (tertiary/aromatic N) is 3. The van der Waals surface area contributed by atoms with Crippen molar-refractivity contribution in [1.82, 2.24) is 41.5 Å². The summed E-state index contributed by atoms with van der Waals surface area (Å²) in [4.78, 5) is 115. The lowest BCUT2D eigenvalue weighted by Crippen LogP contribution is -2.60. The third-order valence-electron chi connectivity index (χ3n) is 8.36. The highest BCUT2D eigenvalue weighted by Gasteiger charge is 2.39. The molecule has 55 heavy (non-hydrogen) atoms. The summed E-state index contributed by atoms with van der Waals surface area (Å²) < 4.78 is 0. The van der Waals surface area contributed by atoms with Gasteiger partial charge in [0.15, 0.2) is 5.96 Å². The molecule has 1 aromatic heterocycles. The number of nitrogens with one attached hydrogen (secondary N) is 6. The summed E-state index contributed by atoms with van der Waals surface area (Å²) in [5, 5.41) is 31.6. The minimum Gasteiger partial charge on any atom is -0.481 e. The van der Waals surface area contributed by atoms with Crippen LogP contribution in [0.15, 0.2) is 17.5 Å². The van der Waals surface area contributed by atoms with E-state index < -0.39 is 90.1 Å². The van der Waals surface area contributed by atoms with Crippen LogP contribution in [0.25, 0.3) is 0 Å². The van der Waals surface area contributed by atoms with Crippen molar-refractivity contribution in [1.29, 1.82) is 0 Å². The third kappa shape index (κ3) is 15.4. The average Bonchev–Trinajstić information content (AvgIpc) is 3.83. The first kappa shape index (κ1) is 45.7. The fourth-order valence-corrected chi connectivity index (χ4v) is 5.95. The Hall–Kier alpha value is -5.45. The number of H-pyrrole nitrogens is 1. The molecule has 0 aliphatic carbocycles. The Morgan fingerprint density at radius 2 is 1.53 bits per heavy atom. The molecule has 2 rings (SSSR count). The van der Waals surface area contributed by atoms with E-state index in [1.54, 1.807) is 0 Å². The monoisotopic (exact) mass is 796 g/mol. The number of guanidine groups is 1. The highest BCUT2D eigenvalue weighted by Crippen LogP contribution is 2.20. The molecule has 0 radical (unpaired) electrons. The van der Waals surface area contributed by atoms with Gasteiger partial charge in [-0.25, -0.2) is 9.78 Å². The third-order valence-corrected chi connectivity index (χ3v) is 8.73. The number of aromatic nitrogens is 2. The summed E-state index contributed by atoms with van der Waals surface area (Å²) in [5.41, 5.74) is 16.5. The minimum atomic E-state index is -1.78. The van der Waals surface area contributed by atoms with E-state index in [2.05, 4.69) is 54.2 Å². The van der Waals surface area contributed by atoms with Crippen LogP contribution in [0.4, 0.5) is 0 Å². The van der Waals surface area contributed by atoms with Gasteiger partial charge in [-0.2, -0.15) is 12.6 Å². The number of hydrogen-bond donors (Lipinski definition) is 12. The van der Waals surface area contributed by atoms with E-state index in [-0.39, 0.29) is 69.4 Å². The van der Waals surface area contributed by atoms with Crippen LogP contribution >= 0.6 is 12.6 Å². The number of aliphatic imine (C=N–C) groups is 1. The van der Waals surface area contributed by atoms with Crippen LogP contribution in [0.1, 0.15) is 58.1 Å². The molecule has 1 aliphatic rings. The first-order valence-electron chi connectivity index (χ1n) is 17.6. The minimum absolute atomic E-state index is 0.0319. The first-order chi connectivity index (χ1) is 26.0. The molecule has 0 spiro atoms. The smallest absolute Gasteiger partial charge is 0.326 e. The molecule has 22 nitrogen and oxygen atoms in total. The molecule has 306 valence electrons. The van der Waals surface area contributed by atoms with Gasteiger partial charge in [0.2, 0.25) is 35.4 Å². The molecule has 6 amide bonds. The first-order valence-corrected chi connectivity index (χ1v) is 18.2. The number of nitrogens with two attached hydrogens (primary N) is 3. The Morgan fingerprint density at radius 3 is 2.09 bits per heavy atom. The van der Waals surface area contributed by atoms with Crippen molar-refractivity contribution in [2.75, 3.05) is 25.4 Å². The van der Waals surface area contributed by atoms with Gasteiger partial charge in [-0.3, -0.25) is 38.6 Å². The van der Waals surface area contributed by atoms with Gasteiger partial charge in [0.05, 0.1) is 19.3 Å². The molecule has 1 fully saturated rings. The topological polar surface area (TPSA) is 360 Å². The number of carbonyl (C=O) groups is 8. The molecule has 1 aliphatic heterocycles. The number of rotatable bonds is 23. The average molecular weight is 797 g/mol. The van der Waals surface area contributed by atoms with Gasteiger partial charge in [0, 0.05) is 37.2 Å². The van der Waals surface area contributed by atoms with Crippen molar-refractivity contribution in [3.8, 4) is 0 Å². The fourth-order valence-electron chi connectivity index (χ4n) is 5.70. The van der Waals surface area contributed by atoms with Crippen molar-refractivity contribution in [3.63, 3.8) is 0 Å². The summed E-state index contributed by atoms with van der Waals surface area (Å²) in [5.74, 6) is -8.20. The van der Waals surface area contributed by atoms with Crippen molar-refractivity contribution < 1.29 is 48.6 Å². The van der Waals surface area contributed by atoms with E-state index >= 15 is 0 Å². The molecule has 1 saturated heterocycles. The molecule has 0 unspecified atom stereocenters. The van der Waals surface area contributed by atoms with E-state index in [4.69, 9.17) is 17.2 Å². The van der Waals surface area contributed by atoms with Gasteiger partial charge < -0.3 is 63.9 Å². The van der Waals surface area contributed by atoms with Crippen molar-refractivity contribution in [2.45, 2.75) is 95.0 Å².